The number of fused-ring (bicyclic) bond motifs is 3. The lowest BCUT2D eigenvalue weighted by Crippen LogP contribution is -1.96. The molecule has 11 aromatic rings. The first-order valence-electron chi connectivity index (χ1n) is 20.5. The number of hydrogen-bond acceptors (Lipinski definition) is 4. The Bertz CT molecular complexity index is 3310. The number of nitrogens with zero attached hydrogens (tertiary/aromatic N) is 3. The van der Waals surface area contributed by atoms with Gasteiger partial charge in [-0.15, -0.1) is 0 Å². The molecule has 0 saturated heterocycles. The van der Waals surface area contributed by atoms with Crippen LogP contribution < -0.4 is 0 Å². The van der Waals surface area contributed by atoms with Gasteiger partial charge in [-0.3, -0.25) is 0 Å². The number of furan rings is 1. The van der Waals surface area contributed by atoms with Crippen LogP contribution in [0.5, 0.6) is 0 Å². The highest BCUT2D eigenvalue weighted by Crippen LogP contribution is 2.47. The van der Waals surface area contributed by atoms with Crippen LogP contribution in [-0.2, 0) is 0 Å². The second-order valence-corrected chi connectivity index (χ2v) is 15.1. The number of rotatable bonds is 8. The minimum atomic E-state index is 0.691. The Morgan fingerprint density at radius 2 is 0.770 bits per heavy atom. The Labute approximate surface area is 354 Å². The molecule has 8 aromatic carbocycles. The van der Waals surface area contributed by atoms with Crippen molar-refractivity contribution in [3.05, 3.63) is 224 Å². The molecule has 4 heteroatoms. The molecule has 0 radical (unpaired) electrons. The van der Waals surface area contributed by atoms with Crippen molar-refractivity contribution in [3.8, 4) is 89.9 Å². The van der Waals surface area contributed by atoms with E-state index in [1.165, 1.54) is 11.1 Å². The van der Waals surface area contributed by atoms with E-state index in [1.807, 2.05) is 48.5 Å². The lowest BCUT2D eigenvalue weighted by molar-refractivity contribution is 0.636. The molecule has 0 saturated carbocycles. The van der Waals surface area contributed by atoms with Crippen LogP contribution in [-0.4, -0.2) is 15.0 Å². The number of aromatic nitrogens is 3. The minimum Gasteiger partial charge on any atom is -0.455 e. The monoisotopic (exact) mass is 779 g/mol. The van der Waals surface area contributed by atoms with Crippen molar-refractivity contribution >= 4 is 21.9 Å². The third-order valence-electron chi connectivity index (χ3n) is 11.3. The summed E-state index contributed by atoms with van der Waals surface area (Å²) in [6, 6.07) is 77.8. The van der Waals surface area contributed by atoms with E-state index in [0.29, 0.717) is 5.82 Å². The summed E-state index contributed by atoms with van der Waals surface area (Å²) < 4.78 is 6.93. The predicted molar refractivity (Wildman–Crippen MR) is 251 cm³/mol. The van der Waals surface area contributed by atoms with Crippen molar-refractivity contribution in [1.82, 2.24) is 15.0 Å². The minimum absolute atomic E-state index is 0.691. The standard InChI is InChI=1S/C57H37N3O/c1-5-16-38(17-6-1)39-28-32-41(33-29-39)50-37-51(60-57(59-50)45-22-11-4-12-23-45)42-34-30-40(31-35-42)46-24-15-25-47(36-46)54-53-52(43-18-7-2-8-19-43)55(44-20-9-3-10-21-44)61-56(53)48-26-13-14-27-49(48)58-54/h1-37H. The molecule has 61 heavy (non-hydrogen) atoms. The molecule has 11 rings (SSSR count). The van der Waals surface area contributed by atoms with Crippen molar-refractivity contribution in [2.24, 2.45) is 0 Å². The third kappa shape index (κ3) is 6.86. The Morgan fingerprint density at radius 1 is 0.311 bits per heavy atom. The largest absolute Gasteiger partial charge is 0.455 e. The van der Waals surface area contributed by atoms with Crippen LogP contribution in [0.3, 0.4) is 0 Å². The predicted octanol–water partition coefficient (Wildman–Crippen LogP) is 15.1. The summed E-state index contributed by atoms with van der Waals surface area (Å²) in [6.45, 7) is 0. The lowest BCUT2D eigenvalue weighted by atomic mass is 9.93. The number of hydrogen-bond donors (Lipinski definition) is 0. The first-order chi connectivity index (χ1) is 30.2. The summed E-state index contributed by atoms with van der Waals surface area (Å²) in [5.74, 6) is 1.52. The molecule has 3 heterocycles. The van der Waals surface area contributed by atoms with Crippen molar-refractivity contribution in [1.29, 1.82) is 0 Å². The van der Waals surface area contributed by atoms with Crippen LogP contribution in [0.4, 0.5) is 0 Å². The van der Waals surface area contributed by atoms with Gasteiger partial charge in [0.05, 0.1) is 28.0 Å². The van der Waals surface area contributed by atoms with Gasteiger partial charge in [-0.2, -0.15) is 0 Å². The van der Waals surface area contributed by atoms with E-state index in [4.69, 9.17) is 19.4 Å². The molecule has 0 bridgehead atoms. The Kier molecular flexibility index (Phi) is 9.14. The summed E-state index contributed by atoms with van der Waals surface area (Å²) in [6.07, 6.45) is 0. The molecular weight excluding hydrogens is 743 g/mol. The Hall–Kier alpha value is -8.21. The fraction of sp³-hybridized carbons (Fsp3) is 0. The maximum absolute atomic E-state index is 6.93. The summed E-state index contributed by atoms with van der Waals surface area (Å²) >= 11 is 0. The van der Waals surface area contributed by atoms with E-state index in [2.05, 4.69) is 176 Å². The van der Waals surface area contributed by atoms with Crippen molar-refractivity contribution in [2.45, 2.75) is 0 Å². The van der Waals surface area contributed by atoms with Gasteiger partial charge in [0.15, 0.2) is 5.82 Å². The van der Waals surface area contributed by atoms with E-state index < -0.39 is 0 Å². The normalized spacial score (nSPS) is 11.3. The number of benzene rings is 8. The highest BCUT2D eigenvalue weighted by molar-refractivity contribution is 6.16. The molecule has 0 aliphatic rings. The molecule has 0 aliphatic heterocycles. The van der Waals surface area contributed by atoms with Gasteiger partial charge in [0.2, 0.25) is 0 Å². The maximum Gasteiger partial charge on any atom is 0.160 e. The van der Waals surface area contributed by atoms with Crippen LogP contribution >= 0.6 is 0 Å². The Morgan fingerprint density at radius 3 is 1.39 bits per heavy atom. The fourth-order valence-corrected chi connectivity index (χ4v) is 8.27. The zero-order chi connectivity index (χ0) is 40.5. The average molecular weight is 780 g/mol. The van der Waals surface area contributed by atoms with Gasteiger partial charge >= 0.3 is 0 Å². The first kappa shape index (κ1) is 35.9. The zero-order valence-corrected chi connectivity index (χ0v) is 33.1. The topological polar surface area (TPSA) is 51.8 Å². The second kappa shape index (κ2) is 15.5. The third-order valence-corrected chi connectivity index (χ3v) is 11.3. The molecule has 286 valence electrons. The Balaban J connectivity index is 1.00. The van der Waals surface area contributed by atoms with Gasteiger partial charge in [-0.1, -0.05) is 200 Å². The maximum atomic E-state index is 6.93. The van der Waals surface area contributed by atoms with E-state index in [9.17, 15) is 0 Å². The van der Waals surface area contributed by atoms with Gasteiger partial charge in [0, 0.05) is 38.8 Å². The van der Waals surface area contributed by atoms with Crippen molar-refractivity contribution < 1.29 is 4.42 Å². The molecule has 0 aliphatic carbocycles. The number of pyridine rings is 1. The van der Waals surface area contributed by atoms with Gasteiger partial charge in [0.1, 0.15) is 11.3 Å². The molecule has 0 atom stereocenters. The van der Waals surface area contributed by atoms with Crippen LogP contribution in [0.25, 0.3) is 112 Å². The average Bonchev–Trinajstić information content (AvgIpc) is 3.76. The van der Waals surface area contributed by atoms with Crippen LogP contribution in [0.2, 0.25) is 0 Å². The summed E-state index contributed by atoms with van der Waals surface area (Å²) in [5, 5.41) is 1.99. The molecular formula is C57H37N3O. The zero-order valence-electron chi connectivity index (χ0n) is 33.1. The molecule has 0 spiro atoms. The first-order valence-corrected chi connectivity index (χ1v) is 20.5. The molecule has 4 nitrogen and oxygen atoms in total. The second-order valence-electron chi connectivity index (χ2n) is 15.1. The highest BCUT2D eigenvalue weighted by atomic mass is 16.3. The van der Waals surface area contributed by atoms with Gasteiger partial charge in [-0.05, 0) is 52.1 Å². The number of para-hydroxylation sites is 1. The van der Waals surface area contributed by atoms with E-state index >= 15 is 0 Å². The van der Waals surface area contributed by atoms with E-state index in [1.54, 1.807) is 0 Å². The molecule has 0 amide bonds. The molecule has 0 fully saturated rings. The van der Waals surface area contributed by atoms with E-state index in [-0.39, 0.29) is 0 Å². The van der Waals surface area contributed by atoms with Gasteiger partial charge < -0.3 is 4.42 Å². The van der Waals surface area contributed by atoms with Gasteiger partial charge in [-0.25, -0.2) is 15.0 Å². The SMILES string of the molecule is c1ccc(-c2ccc(-c3cc(-c4ccc(-c5cccc(-c6nc7ccccc7c7oc(-c8ccccc8)c(-c8ccccc8)c67)c5)cc4)nc(-c4ccccc4)n3)cc2)cc1. The smallest absolute Gasteiger partial charge is 0.160 e. The highest BCUT2D eigenvalue weighted by Gasteiger charge is 2.24. The van der Waals surface area contributed by atoms with E-state index in [0.717, 1.165) is 94.8 Å². The van der Waals surface area contributed by atoms with Crippen LogP contribution in [0.1, 0.15) is 0 Å². The van der Waals surface area contributed by atoms with Crippen molar-refractivity contribution in [3.63, 3.8) is 0 Å². The molecule has 3 aromatic heterocycles. The van der Waals surface area contributed by atoms with Crippen LogP contribution in [0.15, 0.2) is 229 Å². The summed E-state index contributed by atoms with van der Waals surface area (Å²) in [4.78, 5) is 15.5. The molecule has 0 unspecified atom stereocenters. The van der Waals surface area contributed by atoms with Crippen LogP contribution in [0, 0.1) is 0 Å². The summed E-state index contributed by atoms with van der Waals surface area (Å²) in [5.41, 5.74) is 16.1. The lowest BCUT2D eigenvalue weighted by Gasteiger charge is -2.12. The quantitative estimate of drug-likeness (QED) is 0.154. The van der Waals surface area contributed by atoms with Crippen molar-refractivity contribution in [2.75, 3.05) is 0 Å². The molecule has 0 N–H and O–H groups in total. The van der Waals surface area contributed by atoms with Gasteiger partial charge in [0.25, 0.3) is 0 Å². The fourth-order valence-electron chi connectivity index (χ4n) is 8.27. The summed E-state index contributed by atoms with van der Waals surface area (Å²) in [7, 11) is 0.